The van der Waals surface area contributed by atoms with Crippen molar-refractivity contribution in [3.63, 3.8) is 0 Å². The van der Waals surface area contributed by atoms with Gasteiger partial charge in [-0.2, -0.15) is 0 Å². The summed E-state index contributed by atoms with van der Waals surface area (Å²) >= 11 is 0. The van der Waals surface area contributed by atoms with Crippen LogP contribution < -0.4 is 4.90 Å². The molecule has 324 valence electrons. The van der Waals surface area contributed by atoms with E-state index in [9.17, 15) is 0 Å². The zero-order valence-electron chi connectivity index (χ0n) is 38.0. The molecule has 0 spiro atoms. The summed E-state index contributed by atoms with van der Waals surface area (Å²) in [6, 6.07) is 102. The van der Waals surface area contributed by atoms with Crippen LogP contribution in [0.15, 0.2) is 279 Å². The van der Waals surface area contributed by atoms with Crippen molar-refractivity contribution in [3.05, 3.63) is 301 Å². The molecule has 69 heavy (non-hydrogen) atoms. The SMILES string of the molecule is c1ccc(-c2ccc(N(c3ccc(-c4ccccc4)cc3)c3ccc(-c4ccc5c(c4)c4ccccc4n5-c4ccc5c(c4)C(c4ccccc4)(c4ccccc4)c4ccccc4-5)cc3)cc2)cc1. The zero-order chi connectivity index (χ0) is 45.7. The number of hydrogen-bond donors (Lipinski definition) is 0. The summed E-state index contributed by atoms with van der Waals surface area (Å²) < 4.78 is 2.46. The summed E-state index contributed by atoms with van der Waals surface area (Å²) in [6.07, 6.45) is 0. The lowest BCUT2D eigenvalue weighted by atomic mass is 9.67. The molecule has 0 unspecified atom stereocenters. The van der Waals surface area contributed by atoms with Gasteiger partial charge in [-0.15, -0.1) is 0 Å². The van der Waals surface area contributed by atoms with Crippen LogP contribution in [0.1, 0.15) is 22.3 Å². The molecular weight excluding hydrogens is 833 g/mol. The van der Waals surface area contributed by atoms with Crippen LogP contribution in [0.4, 0.5) is 17.1 Å². The summed E-state index contributed by atoms with van der Waals surface area (Å²) in [6.45, 7) is 0. The van der Waals surface area contributed by atoms with E-state index in [4.69, 9.17) is 0 Å². The first-order chi connectivity index (χ1) is 34.2. The van der Waals surface area contributed by atoms with E-state index >= 15 is 0 Å². The van der Waals surface area contributed by atoms with Crippen LogP contribution in [0.2, 0.25) is 0 Å². The second-order valence-corrected chi connectivity index (χ2v) is 18.1. The van der Waals surface area contributed by atoms with E-state index in [1.165, 1.54) is 88.6 Å². The smallest absolute Gasteiger partial charge is 0.0714 e. The molecule has 0 saturated carbocycles. The average Bonchev–Trinajstić information content (AvgIpc) is 3.92. The van der Waals surface area contributed by atoms with Crippen LogP contribution in [0, 0.1) is 0 Å². The maximum absolute atomic E-state index is 2.46. The molecule has 13 rings (SSSR count). The van der Waals surface area contributed by atoms with Crippen molar-refractivity contribution >= 4 is 38.9 Å². The number of nitrogens with zero attached hydrogens (tertiary/aromatic N) is 2. The van der Waals surface area contributed by atoms with Crippen LogP contribution in [-0.4, -0.2) is 4.57 Å². The van der Waals surface area contributed by atoms with Crippen molar-refractivity contribution in [3.8, 4) is 50.2 Å². The van der Waals surface area contributed by atoms with Gasteiger partial charge in [-0.3, -0.25) is 0 Å². The van der Waals surface area contributed by atoms with Gasteiger partial charge < -0.3 is 9.47 Å². The monoisotopic (exact) mass is 878 g/mol. The lowest BCUT2D eigenvalue weighted by molar-refractivity contribution is 0.767. The maximum atomic E-state index is 2.46. The van der Waals surface area contributed by atoms with Gasteiger partial charge in [-0.1, -0.05) is 212 Å². The highest BCUT2D eigenvalue weighted by atomic mass is 15.1. The number of hydrogen-bond acceptors (Lipinski definition) is 1. The lowest BCUT2D eigenvalue weighted by Gasteiger charge is -2.34. The van der Waals surface area contributed by atoms with Crippen LogP contribution in [0.25, 0.3) is 72.0 Å². The molecular formula is C67H46N2. The zero-order valence-corrected chi connectivity index (χ0v) is 38.0. The Bertz CT molecular complexity index is 3660. The molecule has 0 radical (unpaired) electrons. The number of aromatic nitrogens is 1. The molecule has 0 bridgehead atoms. The van der Waals surface area contributed by atoms with E-state index in [2.05, 4.69) is 289 Å². The Morgan fingerprint density at radius 2 is 0.696 bits per heavy atom. The molecule has 0 N–H and O–H groups in total. The van der Waals surface area contributed by atoms with Crippen LogP contribution in [0.3, 0.4) is 0 Å². The third kappa shape index (κ3) is 6.72. The predicted molar refractivity (Wildman–Crippen MR) is 289 cm³/mol. The summed E-state index contributed by atoms with van der Waals surface area (Å²) in [5, 5.41) is 2.46. The Labute approximate surface area is 403 Å². The molecule has 11 aromatic carbocycles. The minimum Gasteiger partial charge on any atom is -0.311 e. The fourth-order valence-electron chi connectivity index (χ4n) is 11.1. The fraction of sp³-hybridized carbons (Fsp3) is 0.0149. The van der Waals surface area contributed by atoms with Gasteiger partial charge in [0.2, 0.25) is 0 Å². The van der Waals surface area contributed by atoms with Gasteiger partial charge in [-0.05, 0) is 133 Å². The van der Waals surface area contributed by atoms with E-state index in [0.717, 1.165) is 22.7 Å². The predicted octanol–water partition coefficient (Wildman–Crippen LogP) is 17.6. The Kier molecular flexibility index (Phi) is 9.77. The normalized spacial score (nSPS) is 12.5. The van der Waals surface area contributed by atoms with Crippen molar-refractivity contribution in [2.24, 2.45) is 0 Å². The molecule has 2 nitrogen and oxygen atoms in total. The summed E-state index contributed by atoms with van der Waals surface area (Å²) in [4.78, 5) is 2.35. The number of rotatable bonds is 9. The van der Waals surface area contributed by atoms with E-state index in [0.29, 0.717) is 0 Å². The van der Waals surface area contributed by atoms with E-state index in [-0.39, 0.29) is 0 Å². The maximum Gasteiger partial charge on any atom is 0.0714 e. The van der Waals surface area contributed by atoms with Crippen molar-refractivity contribution < 1.29 is 0 Å². The molecule has 1 aromatic heterocycles. The highest BCUT2D eigenvalue weighted by Crippen LogP contribution is 2.56. The minimum absolute atomic E-state index is 0.477. The Morgan fingerprint density at radius 1 is 0.275 bits per heavy atom. The molecule has 1 aliphatic rings. The number of benzene rings is 11. The van der Waals surface area contributed by atoms with Gasteiger partial charge in [0.1, 0.15) is 0 Å². The third-order valence-electron chi connectivity index (χ3n) is 14.3. The number of para-hydroxylation sites is 1. The second kappa shape index (κ2) is 16.7. The molecule has 1 heterocycles. The van der Waals surface area contributed by atoms with Crippen molar-refractivity contribution in [2.75, 3.05) is 4.90 Å². The molecule has 0 atom stereocenters. The van der Waals surface area contributed by atoms with Crippen LogP contribution in [0.5, 0.6) is 0 Å². The first-order valence-electron chi connectivity index (χ1n) is 23.8. The first kappa shape index (κ1) is 40.3. The summed E-state index contributed by atoms with van der Waals surface area (Å²) in [5.74, 6) is 0. The molecule has 0 amide bonds. The van der Waals surface area contributed by atoms with Gasteiger partial charge in [0.25, 0.3) is 0 Å². The second-order valence-electron chi connectivity index (χ2n) is 18.1. The summed E-state index contributed by atoms with van der Waals surface area (Å²) in [7, 11) is 0. The molecule has 1 aliphatic carbocycles. The number of fused-ring (bicyclic) bond motifs is 6. The first-order valence-corrected chi connectivity index (χ1v) is 23.8. The van der Waals surface area contributed by atoms with E-state index < -0.39 is 5.41 Å². The molecule has 0 saturated heterocycles. The Balaban J connectivity index is 0.903. The average molecular weight is 879 g/mol. The third-order valence-corrected chi connectivity index (χ3v) is 14.3. The molecule has 2 heteroatoms. The van der Waals surface area contributed by atoms with Gasteiger partial charge in [0.05, 0.1) is 16.4 Å². The van der Waals surface area contributed by atoms with Gasteiger partial charge in [-0.25, -0.2) is 0 Å². The van der Waals surface area contributed by atoms with E-state index in [1.54, 1.807) is 0 Å². The highest BCUT2D eigenvalue weighted by molar-refractivity contribution is 6.10. The van der Waals surface area contributed by atoms with Crippen molar-refractivity contribution in [1.29, 1.82) is 0 Å². The highest BCUT2D eigenvalue weighted by Gasteiger charge is 2.46. The summed E-state index contributed by atoms with van der Waals surface area (Å²) in [5.41, 5.74) is 21.2. The van der Waals surface area contributed by atoms with Crippen LogP contribution in [-0.2, 0) is 5.41 Å². The standard InChI is InChI=1S/C67H46N2/c1-5-17-47(18-6-1)49-29-36-55(37-30-49)68(56-38-31-50(32-39-56)48-19-7-2-8-20-48)57-40-33-51(34-41-57)52-35-44-66-62(45-52)61-26-14-16-28-65(61)69(66)58-42-43-60-59-25-13-15-27-63(59)67(64(60)46-58,53-21-9-3-10-22-53)54-23-11-4-12-24-54/h1-46H. The molecule has 12 aromatic rings. The van der Waals surface area contributed by atoms with Crippen LogP contribution >= 0.6 is 0 Å². The van der Waals surface area contributed by atoms with E-state index in [1.807, 2.05) is 0 Å². The quantitative estimate of drug-likeness (QED) is 0.140. The minimum atomic E-state index is -0.477. The van der Waals surface area contributed by atoms with Crippen molar-refractivity contribution in [1.82, 2.24) is 4.57 Å². The lowest BCUT2D eigenvalue weighted by Crippen LogP contribution is -2.28. The van der Waals surface area contributed by atoms with Gasteiger partial charge >= 0.3 is 0 Å². The largest absolute Gasteiger partial charge is 0.311 e. The molecule has 0 fully saturated rings. The fourth-order valence-corrected chi connectivity index (χ4v) is 11.1. The Morgan fingerprint density at radius 3 is 1.26 bits per heavy atom. The van der Waals surface area contributed by atoms with Crippen molar-refractivity contribution in [2.45, 2.75) is 5.41 Å². The number of anilines is 3. The molecule has 0 aliphatic heterocycles. The van der Waals surface area contributed by atoms with Gasteiger partial charge in [0, 0.05) is 33.5 Å². The van der Waals surface area contributed by atoms with Gasteiger partial charge in [0.15, 0.2) is 0 Å². The topological polar surface area (TPSA) is 8.17 Å². The Hall–Kier alpha value is -8.98.